The Morgan fingerprint density at radius 3 is 1.18 bits per heavy atom. The second kappa shape index (κ2) is 54.2. The topological polar surface area (TPSA) is 78.9 Å². The fourth-order valence-corrected chi connectivity index (χ4v) is 6.77. The van der Waals surface area contributed by atoms with Gasteiger partial charge in [-0.15, -0.1) is 0 Å². The van der Waals surface area contributed by atoms with Crippen LogP contribution in [0.1, 0.15) is 213 Å². The number of carbonyl (C=O) groups is 3. The van der Waals surface area contributed by atoms with Gasteiger partial charge in [-0.05, 0) is 103 Å². The molecule has 0 aromatic rings. The first-order valence-electron chi connectivity index (χ1n) is 26.7. The molecule has 0 saturated heterocycles. The Kier molecular flexibility index (Phi) is 50.6. The van der Waals surface area contributed by atoms with Gasteiger partial charge >= 0.3 is 17.9 Å². The minimum Gasteiger partial charge on any atom is -0.462 e. The van der Waals surface area contributed by atoms with Crippen LogP contribution in [-0.2, 0) is 28.6 Å². The summed E-state index contributed by atoms with van der Waals surface area (Å²) >= 11 is 0. The van der Waals surface area contributed by atoms with Crippen LogP contribution in [0.15, 0.2) is 134 Å². The predicted molar refractivity (Wildman–Crippen MR) is 288 cm³/mol. The standard InChI is InChI=1S/C61H96O6/c1-4-7-10-13-16-19-22-25-28-29-30-31-34-36-39-42-45-48-51-54-60(63)66-57-58(67-61(64)55-52-49-46-43-40-37-33-27-24-21-18-15-12-9-6-3)56-65-59(62)53-50-47-44-41-38-35-32-26-23-20-17-14-11-8-5-2/h7,9-10,12,15-16,18-21,23-25,27-28,30-31,33,36,39,45,48,58H,4-6,8,11,13-14,17,22,26,29,32,34-35,37-38,40-44,46-47,49-57H2,1-3H3/b10-7-,12-9-,18-15-,19-16-,23-20-,24-21-,28-25-,31-30-,33-27-,39-36-,48-45-. The average molecular weight is 925 g/mol. The number of unbranched alkanes of at least 4 members (excludes halogenated alkanes) is 16. The van der Waals surface area contributed by atoms with Crippen LogP contribution in [0, 0.1) is 0 Å². The second-order valence-corrected chi connectivity index (χ2v) is 17.1. The van der Waals surface area contributed by atoms with E-state index in [1.165, 1.54) is 64.2 Å². The van der Waals surface area contributed by atoms with Crippen molar-refractivity contribution in [3.05, 3.63) is 134 Å². The maximum Gasteiger partial charge on any atom is 0.306 e. The van der Waals surface area contributed by atoms with Crippen molar-refractivity contribution in [1.29, 1.82) is 0 Å². The molecule has 0 radical (unpaired) electrons. The molecule has 6 heteroatoms. The van der Waals surface area contributed by atoms with Crippen LogP contribution >= 0.6 is 0 Å². The smallest absolute Gasteiger partial charge is 0.306 e. The largest absolute Gasteiger partial charge is 0.462 e. The quantitative estimate of drug-likeness (QED) is 0.0199. The zero-order chi connectivity index (χ0) is 48.6. The van der Waals surface area contributed by atoms with Crippen molar-refractivity contribution >= 4 is 17.9 Å². The van der Waals surface area contributed by atoms with Gasteiger partial charge in [0, 0.05) is 19.3 Å². The maximum atomic E-state index is 12.8. The van der Waals surface area contributed by atoms with E-state index < -0.39 is 6.10 Å². The minimum atomic E-state index is -0.827. The van der Waals surface area contributed by atoms with Crippen LogP contribution in [-0.4, -0.2) is 37.2 Å². The highest BCUT2D eigenvalue weighted by atomic mass is 16.6. The highest BCUT2D eigenvalue weighted by molar-refractivity contribution is 5.71. The molecule has 0 fully saturated rings. The minimum absolute atomic E-state index is 0.118. The number of ether oxygens (including phenoxy) is 3. The molecule has 0 amide bonds. The summed E-state index contributed by atoms with van der Waals surface area (Å²) in [7, 11) is 0. The van der Waals surface area contributed by atoms with Crippen LogP contribution in [0.3, 0.4) is 0 Å². The van der Waals surface area contributed by atoms with Crippen LogP contribution in [0.5, 0.6) is 0 Å². The van der Waals surface area contributed by atoms with Crippen molar-refractivity contribution in [3.63, 3.8) is 0 Å². The SMILES string of the molecule is CC\C=C/C=C\C=C/C=C\CCCCCCCC(=O)OC(COC(=O)CC/C=C\C/C=C\C/C=C\C/C=C\C/C=C\C/C=C\CC)COC(=O)CCCCCCCCC/C=C\CCCCCC. The van der Waals surface area contributed by atoms with E-state index in [9.17, 15) is 14.4 Å². The van der Waals surface area contributed by atoms with E-state index in [2.05, 4.69) is 118 Å². The molecule has 0 bridgehead atoms. The molecule has 6 nitrogen and oxygen atoms in total. The molecule has 0 rings (SSSR count). The fraction of sp³-hybridized carbons (Fsp3) is 0.590. The molecule has 0 aliphatic rings. The molecule has 1 atom stereocenters. The van der Waals surface area contributed by atoms with E-state index in [1.807, 2.05) is 36.5 Å². The number of hydrogen-bond donors (Lipinski definition) is 0. The molecule has 67 heavy (non-hydrogen) atoms. The van der Waals surface area contributed by atoms with Crippen molar-refractivity contribution in [1.82, 2.24) is 0 Å². The predicted octanol–water partition coefficient (Wildman–Crippen LogP) is 17.9. The first-order valence-corrected chi connectivity index (χ1v) is 26.7. The Balaban J connectivity index is 4.57. The van der Waals surface area contributed by atoms with E-state index in [-0.39, 0.29) is 44.0 Å². The van der Waals surface area contributed by atoms with Gasteiger partial charge in [-0.2, -0.15) is 0 Å². The van der Waals surface area contributed by atoms with E-state index in [1.54, 1.807) is 0 Å². The van der Waals surface area contributed by atoms with Crippen molar-refractivity contribution in [2.75, 3.05) is 13.2 Å². The molecule has 376 valence electrons. The number of allylic oxidation sites excluding steroid dienone is 22. The summed E-state index contributed by atoms with van der Waals surface area (Å²) in [4.78, 5) is 38.0. The maximum absolute atomic E-state index is 12.8. The zero-order valence-corrected chi connectivity index (χ0v) is 42.9. The Morgan fingerprint density at radius 1 is 0.328 bits per heavy atom. The van der Waals surface area contributed by atoms with Crippen molar-refractivity contribution in [2.45, 2.75) is 219 Å². The highest BCUT2D eigenvalue weighted by Gasteiger charge is 2.19. The van der Waals surface area contributed by atoms with E-state index >= 15 is 0 Å². The van der Waals surface area contributed by atoms with Gasteiger partial charge in [-0.25, -0.2) is 0 Å². The van der Waals surface area contributed by atoms with Gasteiger partial charge in [0.25, 0.3) is 0 Å². The molecular weight excluding hydrogens is 829 g/mol. The normalized spacial score (nSPS) is 13.2. The van der Waals surface area contributed by atoms with Crippen LogP contribution in [0.25, 0.3) is 0 Å². The third kappa shape index (κ3) is 52.4. The highest BCUT2D eigenvalue weighted by Crippen LogP contribution is 2.13. The van der Waals surface area contributed by atoms with Crippen molar-refractivity contribution in [2.24, 2.45) is 0 Å². The summed E-state index contributed by atoms with van der Waals surface area (Å²) < 4.78 is 16.7. The van der Waals surface area contributed by atoms with Gasteiger partial charge in [0.1, 0.15) is 13.2 Å². The monoisotopic (exact) mass is 925 g/mol. The van der Waals surface area contributed by atoms with Gasteiger partial charge in [0.15, 0.2) is 6.10 Å². The number of carbonyl (C=O) groups excluding carboxylic acids is 3. The third-order valence-corrected chi connectivity index (χ3v) is 10.7. The lowest BCUT2D eigenvalue weighted by atomic mass is 10.1. The van der Waals surface area contributed by atoms with Gasteiger partial charge < -0.3 is 14.2 Å². The van der Waals surface area contributed by atoms with Crippen molar-refractivity contribution in [3.8, 4) is 0 Å². The van der Waals surface area contributed by atoms with E-state index in [0.717, 1.165) is 103 Å². The summed E-state index contributed by atoms with van der Waals surface area (Å²) in [6.45, 7) is 6.27. The van der Waals surface area contributed by atoms with Crippen LogP contribution < -0.4 is 0 Å². The fourth-order valence-electron chi connectivity index (χ4n) is 6.77. The Labute approximate surface area is 411 Å². The number of hydrogen-bond acceptors (Lipinski definition) is 6. The molecular formula is C61H96O6. The summed E-state index contributed by atoms with van der Waals surface area (Å²) in [6, 6.07) is 0. The van der Waals surface area contributed by atoms with E-state index in [0.29, 0.717) is 12.8 Å². The summed E-state index contributed by atoms with van der Waals surface area (Å²) in [5.41, 5.74) is 0. The van der Waals surface area contributed by atoms with Crippen molar-refractivity contribution < 1.29 is 28.6 Å². The van der Waals surface area contributed by atoms with Gasteiger partial charge in [0.05, 0.1) is 0 Å². The number of rotatable bonds is 46. The Morgan fingerprint density at radius 2 is 0.687 bits per heavy atom. The average Bonchev–Trinajstić information content (AvgIpc) is 3.33. The molecule has 0 aliphatic heterocycles. The second-order valence-electron chi connectivity index (χ2n) is 17.1. The molecule has 0 aromatic carbocycles. The third-order valence-electron chi connectivity index (χ3n) is 10.7. The Hall–Kier alpha value is -4.45. The molecule has 0 aliphatic carbocycles. The Bertz CT molecular complexity index is 1480. The summed E-state index contributed by atoms with van der Waals surface area (Å²) in [5, 5.41) is 0. The number of esters is 3. The zero-order valence-electron chi connectivity index (χ0n) is 42.9. The summed E-state index contributed by atoms with van der Waals surface area (Å²) in [6.07, 6.45) is 75.8. The first-order chi connectivity index (χ1) is 33.0. The lowest BCUT2D eigenvalue weighted by molar-refractivity contribution is -0.166. The lowest BCUT2D eigenvalue weighted by Gasteiger charge is -2.18. The summed E-state index contributed by atoms with van der Waals surface area (Å²) in [5.74, 6) is -1.04. The van der Waals surface area contributed by atoms with Gasteiger partial charge in [-0.3, -0.25) is 14.4 Å². The molecule has 0 saturated carbocycles. The van der Waals surface area contributed by atoms with Gasteiger partial charge in [0.2, 0.25) is 0 Å². The van der Waals surface area contributed by atoms with Gasteiger partial charge in [-0.1, -0.05) is 225 Å². The van der Waals surface area contributed by atoms with E-state index in [4.69, 9.17) is 14.2 Å². The molecule has 0 N–H and O–H groups in total. The lowest BCUT2D eigenvalue weighted by Crippen LogP contribution is -2.30. The molecule has 0 heterocycles. The van der Waals surface area contributed by atoms with Crippen LogP contribution in [0.2, 0.25) is 0 Å². The molecule has 0 aromatic heterocycles. The molecule has 1 unspecified atom stereocenters. The van der Waals surface area contributed by atoms with Crippen LogP contribution in [0.4, 0.5) is 0 Å². The molecule has 0 spiro atoms. The first kappa shape index (κ1) is 62.5.